The fraction of sp³-hybridized carbons (Fsp3) is 0.125. The minimum absolute atomic E-state index is 0.103. The lowest BCUT2D eigenvalue weighted by Crippen LogP contribution is -2.25. The van der Waals surface area contributed by atoms with E-state index in [2.05, 4.69) is 10.3 Å². The van der Waals surface area contributed by atoms with Gasteiger partial charge in [0.1, 0.15) is 0 Å². The van der Waals surface area contributed by atoms with Gasteiger partial charge in [-0.3, -0.25) is 9.78 Å². The van der Waals surface area contributed by atoms with Gasteiger partial charge >= 0.3 is 0 Å². The molecule has 1 aromatic heterocycles. The summed E-state index contributed by atoms with van der Waals surface area (Å²) in [6.45, 7) is 1.91. The number of hydrogen-bond donors (Lipinski definition) is 1. The van der Waals surface area contributed by atoms with Crippen LogP contribution in [0.3, 0.4) is 0 Å². The average molecular weight is 252 g/mol. The van der Waals surface area contributed by atoms with Crippen LogP contribution in [0.25, 0.3) is 6.08 Å². The van der Waals surface area contributed by atoms with E-state index in [0.29, 0.717) is 0 Å². The molecule has 1 unspecified atom stereocenters. The number of benzene rings is 1. The summed E-state index contributed by atoms with van der Waals surface area (Å²) in [6.07, 6.45) is 5.05. The molecule has 1 atom stereocenters. The lowest BCUT2D eigenvalue weighted by Gasteiger charge is -2.11. The van der Waals surface area contributed by atoms with Crippen molar-refractivity contribution < 1.29 is 4.79 Å². The Morgan fingerprint density at radius 1 is 1.16 bits per heavy atom. The van der Waals surface area contributed by atoms with E-state index in [1.54, 1.807) is 12.3 Å². The number of amides is 1. The number of rotatable bonds is 4. The Morgan fingerprint density at radius 3 is 2.58 bits per heavy atom. The highest BCUT2D eigenvalue weighted by atomic mass is 16.1. The van der Waals surface area contributed by atoms with Gasteiger partial charge in [0, 0.05) is 12.3 Å². The van der Waals surface area contributed by atoms with Gasteiger partial charge in [-0.1, -0.05) is 36.4 Å². The summed E-state index contributed by atoms with van der Waals surface area (Å²) in [5.41, 5.74) is 1.85. The van der Waals surface area contributed by atoms with Crippen molar-refractivity contribution in [2.75, 3.05) is 0 Å². The van der Waals surface area contributed by atoms with Crippen LogP contribution in [0.5, 0.6) is 0 Å². The number of nitrogens with one attached hydrogen (secondary N) is 1. The largest absolute Gasteiger partial charge is 0.344 e. The zero-order valence-corrected chi connectivity index (χ0v) is 10.8. The zero-order chi connectivity index (χ0) is 13.5. The first-order valence-corrected chi connectivity index (χ1v) is 6.20. The molecule has 19 heavy (non-hydrogen) atoms. The highest BCUT2D eigenvalue weighted by Gasteiger charge is 2.07. The molecule has 0 fully saturated rings. The van der Waals surface area contributed by atoms with Gasteiger partial charge in [0.15, 0.2) is 0 Å². The summed E-state index contributed by atoms with van der Waals surface area (Å²) in [7, 11) is 0. The molecule has 0 aliphatic carbocycles. The topological polar surface area (TPSA) is 42.0 Å². The van der Waals surface area contributed by atoms with Gasteiger partial charge in [-0.15, -0.1) is 0 Å². The fourth-order valence-corrected chi connectivity index (χ4v) is 1.70. The van der Waals surface area contributed by atoms with E-state index < -0.39 is 0 Å². The fourth-order valence-electron chi connectivity index (χ4n) is 1.70. The number of carbonyl (C=O) groups is 1. The molecule has 3 heteroatoms. The molecule has 96 valence electrons. The van der Waals surface area contributed by atoms with E-state index in [0.717, 1.165) is 11.3 Å². The first kappa shape index (κ1) is 13.0. The van der Waals surface area contributed by atoms with Gasteiger partial charge in [0.25, 0.3) is 0 Å². The molecule has 3 nitrogen and oxygen atoms in total. The Morgan fingerprint density at radius 2 is 1.89 bits per heavy atom. The molecular weight excluding hydrogens is 236 g/mol. The van der Waals surface area contributed by atoms with E-state index in [1.807, 2.05) is 55.5 Å². The van der Waals surface area contributed by atoms with Crippen molar-refractivity contribution in [2.45, 2.75) is 13.0 Å². The smallest absolute Gasteiger partial charge is 0.244 e. The van der Waals surface area contributed by atoms with Crippen LogP contribution < -0.4 is 5.32 Å². The summed E-state index contributed by atoms with van der Waals surface area (Å²) in [6, 6.07) is 15.3. The van der Waals surface area contributed by atoms with E-state index >= 15 is 0 Å². The molecule has 0 saturated heterocycles. The normalized spacial score (nSPS) is 12.3. The molecule has 0 spiro atoms. The SMILES string of the molecule is CC(NC(=O)/C=C/c1ccccc1)c1ccccn1. The van der Waals surface area contributed by atoms with Gasteiger partial charge < -0.3 is 5.32 Å². The standard InChI is InChI=1S/C16H16N2O/c1-13(15-9-5-6-12-17-15)18-16(19)11-10-14-7-3-2-4-8-14/h2-13H,1H3,(H,18,19)/b11-10+. The van der Waals surface area contributed by atoms with Crippen LogP contribution in [-0.4, -0.2) is 10.9 Å². The number of aromatic nitrogens is 1. The monoisotopic (exact) mass is 252 g/mol. The van der Waals surface area contributed by atoms with Crippen molar-refractivity contribution in [3.8, 4) is 0 Å². The Hall–Kier alpha value is -2.42. The van der Waals surface area contributed by atoms with Crippen molar-refractivity contribution in [2.24, 2.45) is 0 Å². The van der Waals surface area contributed by atoms with Crippen molar-refractivity contribution in [1.29, 1.82) is 0 Å². The quantitative estimate of drug-likeness (QED) is 0.850. The molecule has 1 heterocycles. The second-order valence-corrected chi connectivity index (χ2v) is 4.23. The Balaban J connectivity index is 1.93. The second-order valence-electron chi connectivity index (χ2n) is 4.23. The minimum Gasteiger partial charge on any atom is -0.344 e. The maximum absolute atomic E-state index is 11.8. The van der Waals surface area contributed by atoms with E-state index in [4.69, 9.17) is 0 Å². The zero-order valence-electron chi connectivity index (χ0n) is 10.8. The Bertz CT molecular complexity index is 549. The van der Waals surface area contributed by atoms with Crippen molar-refractivity contribution >= 4 is 12.0 Å². The van der Waals surface area contributed by atoms with Gasteiger partial charge in [0.05, 0.1) is 11.7 Å². The molecule has 0 radical (unpaired) electrons. The summed E-state index contributed by atoms with van der Waals surface area (Å²) >= 11 is 0. The third kappa shape index (κ3) is 4.07. The van der Waals surface area contributed by atoms with Crippen LogP contribution in [-0.2, 0) is 4.79 Å². The molecular formula is C16H16N2O. The summed E-state index contributed by atoms with van der Waals surface area (Å²) < 4.78 is 0. The van der Waals surface area contributed by atoms with Crippen molar-refractivity contribution in [1.82, 2.24) is 10.3 Å². The molecule has 0 aliphatic heterocycles. The molecule has 2 aromatic rings. The molecule has 2 rings (SSSR count). The van der Waals surface area contributed by atoms with Crippen LogP contribution in [0.1, 0.15) is 24.2 Å². The van der Waals surface area contributed by atoms with Crippen LogP contribution in [0.15, 0.2) is 60.8 Å². The van der Waals surface area contributed by atoms with Gasteiger partial charge in [0.2, 0.25) is 5.91 Å². The number of hydrogen-bond acceptors (Lipinski definition) is 2. The molecule has 1 N–H and O–H groups in total. The summed E-state index contributed by atoms with van der Waals surface area (Å²) in [5.74, 6) is -0.123. The predicted molar refractivity (Wildman–Crippen MR) is 76.3 cm³/mol. The third-order valence-electron chi connectivity index (χ3n) is 2.72. The maximum Gasteiger partial charge on any atom is 0.244 e. The first-order valence-electron chi connectivity index (χ1n) is 6.20. The highest BCUT2D eigenvalue weighted by Crippen LogP contribution is 2.08. The Kier molecular flexibility index (Phi) is 4.45. The van der Waals surface area contributed by atoms with Gasteiger partial charge in [-0.05, 0) is 30.7 Å². The van der Waals surface area contributed by atoms with Gasteiger partial charge in [-0.25, -0.2) is 0 Å². The van der Waals surface area contributed by atoms with E-state index in [1.165, 1.54) is 6.08 Å². The molecule has 0 saturated carbocycles. The Labute approximate surface area is 113 Å². The minimum atomic E-state index is -0.123. The van der Waals surface area contributed by atoms with Crippen molar-refractivity contribution in [3.05, 3.63) is 72.1 Å². The molecule has 1 aromatic carbocycles. The summed E-state index contributed by atoms with van der Waals surface area (Å²) in [4.78, 5) is 16.0. The number of carbonyl (C=O) groups excluding carboxylic acids is 1. The predicted octanol–water partition coefficient (Wildman–Crippen LogP) is 2.97. The lowest BCUT2D eigenvalue weighted by atomic mass is 10.2. The van der Waals surface area contributed by atoms with Crippen LogP contribution in [0.4, 0.5) is 0 Å². The highest BCUT2D eigenvalue weighted by molar-refractivity contribution is 5.91. The van der Waals surface area contributed by atoms with Crippen molar-refractivity contribution in [3.63, 3.8) is 0 Å². The van der Waals surface area contributed by atoms with Gasteiger partial charge in [-0.2, -0.15) is 0 Å². The van der Waals surface area contributed by atoms with E-state index in [9.17, 15) is 4.79 Å². The molecule has 0 bridgehead atoms. The lowest BCUT2D eigenvalue weighted by molar-refractivity contribution is -0.117. The van der Waals surface area contributed by atoms with E-state index in [-0.39, 0.29) is 11.9 Å². The number of pyridine rings is 1. The van der Waals surface area contributed by atoms with Crippen LogP contribution in [0.2, 0.25) is 0 Å². The third-order valence-corrected chi connectivity index (χ3v) is 2.72. The first-order chi connectivity index (χ1) is 9.25. The average Bonchev–Trinajstić information content (AvgIpc) is 2.47. The second kappa shape index (κ2) is 6.50. The maximum atomic E-state index is 11.8. The summed E-state index contributed by atoms with van der Waals surface area (Å²) in [5, 5.41) is 2.88. The van der Waals surface area contributed by atoms with Crippen LogP contribution >= 0.6 is 0 Å². The number of nitrogens with zero attached hydrogens (tertiary/aromatic N) is 1. The van der Waals surface area contributed by atoms with Crippen LogP contribution in [0, 0.1) is 0 Å². The molecule has 1 amide bonds. The molecule has 0 aliphatic rings.